The summed E-state index contributed by atoms with van der Waals surface area (Å²) in [5.41, 5.74) is 2.16. The van der Waals surface area contributed by atoms with Crippen molar-refractivity contribution in [3.63, 3.8) is 0 Å². The van der Waals surface area contributed by atoms with E-state index < -0.39 is 9.84 Å². The Labute approximate surface area is 171 Å². The van der Waals surface area contributed by atoms with Gasteiger partial charge in [-0.25, -0.2) is 18.4 Å². The number of sulfone groups is 1. The van der Waals surface area contributed by atoms with Crippen LogP contribution in [-0.2, 0) is 14.6 Å². The predicted octanol–water partition coefficient (Wildman–Crippen LogP) is 2.86. The van der Waals surface area contributed by atoms with Gasteiger partial charge in [0.15, 0.2) is 21.5 Å². The van der Waals surface area contributed by atoms with E-state index in [0.717, 1.165) is 27.0 Å². The van der Waals surface area contributed by atoms with Gasteiger partial charge in [0.05, 0.1) is 35.7 Å². The number of aromatic nitrogens is 4. The fraction of sp³-hybridized carbons (Fsp3) is 0.316. The monoisotopic (exact) mass is 429 g/mol. The van der Waals surface area contributed by atoms with E-state index in [2.05, 4.69) is 22.0 Å². The first-order valence-corrected chi connectivity index (χ1v) is 12.0. The number of aromatic amines is 1. The summed E-state index contributed by atoms with van der Waals surface area (Å²) in [5.74, 6) is 1.24. The van der Waals surface area contributed by atoms with Gasteiger partial charge >= 0.3 is 0 Å². The summed E-state index contributed by atoms with van der Waals surface area (Å²) in [6, 6.07) is 5.90. The molecular formula is C19H19N5O3S2. The molecule has 1 aliphatic rings. The third kappa shape index (κ3) is 3.07. The molecule has 3 aromatic heterocycles. The van der Waals surface area contributed by atoms with Crippen molar-refractivity contribution in [3.05, 3.63) is 29.8 Å². The van der Waals surface area contributed by atoms with Crippen molar-refractivity contribution in [1.82, 2.24) is 20.2 Å². The van der Waals surface area contributed by atoms with E-state index in [4.69, 9.17) is 14.7 Å². The first-order chi connectivity index (χ1) is 13.9. The van der Waals surface area contributed by atoms with Gasteiger partial charge in [0.2, 0.25) is 0 Å². The molecule has 0 spiro atoms. The lowest BCUT2D eigenvalue weighted by Crippen LogP contribution is -2.44. The van der Waals surface area contributed by atoms with Gasteiger partial charge in [-0.05, 0) is 13.0 Å². The number of anilines is 1. The first kappa shape index (κ1) is 18.5. The zero-order valence-corrected chi connectivity index (χ0v) is 17.5. The number of nitrogens with one attached hydrogen (secondary N) is 1. The van der Waals surface area contributed by atoms with E-state index in [0.29, 0.717) is 31.1 Å². The third-order valence-corrected chi connectivity index (χ3v) is 7.35. The lowest BCUT2D eigenvalue weighted by molar-refractivity contribution is 0.0987. The van der Waals surface area contributed by atoms with Gasteiger partial charge in [-0.2, -0.15) is 5.10 Å². The minimum Gasteiger partial charge on any atom is -0.377 e. The van der Waals surface area contributed by atoms with E-state index in [-0.39, 0.29) is 10.9 Å². The Morgan fingerprint density at radius 3 is 2.97 bits per heavy atom. The number of hydrogen-bond acceptors (Lipinski definition) is 8. The van der Waals surface area contributed by atoms with Crippen LogP contribution in [0.5, 0.6) is 0 Å². The highest BCUT2D eigenvalue weighted by atomic mass is 32.2. The molecule has 0 amide bonds. The summed E-state index contributed by atoms with van der Waals surface area (Å²) in [5, 5.41) is 9.63. The second-order valence-corrected chi connectivity index (χ2v) is 10.0. The highest BCUT2D eigenvalue weighted by molar-refractivity contribution is 7.91. The molecule has 0 radical (unpaired) electrons. The van der Waals surface area contributed by atoms with Crippen LogP contribution in [0.3, 0.4) is 0 Å². The Hall–Kier alpha value is -2.56. The van der Waals surface area contributed by atoms with E-state index in [9.17, 15) is 8.42 Å². The zero-order valence-electron chi connectivity index (χ0n) is 15.9. The number of rotatable bonds is 3. The van der Waals surface area contributed by atoms with Crippen molar-refractivity contribution in [2.45, 2.75) is 17.9 Å². The SMILES string of the molecule is C[C@@H]1COCCN1c1nc(-c2cccc3[nH]ncc23)nc2c(S(C)(=O)=O)csc12. The number of fused-ring (bicyclic) bond motifs is 2. The van der Waals surface area contributed by atoms with Gasteiger partial charge in [-0.3, -0.25) is 5.10 Å². The molecule has 0 aliphatic carbocycles. The Kier molecular flexibility index (Phi) is 4.30. The molecule has 10 heteroatoms. The normalized spacial score (nSPS) is 18.0. The van der Waals surface area contributed by atoms with Crippen LogP contribution in [0.15, 0.2) is 34.7 Å². The Bertz CT molecular complexity index is 1330. The van der Waals surface area contributed by atoms with Crippen LogP contribution in [0.25, 0.3) is 32.5 Å². The van der Waals surface area contributed by atoms with E-state index in [1.165, 1.54) is 17.6 Å². The number of benzene rings is 1. The van der Waals surface area contributed by atoms with Gasteiger partial charge in [0, 0.05) is 29.1 Å². The Morgan fingerprint density at radius 2 is 2.17 bits per heavy atom. The second-order valence-electron chi connectivity index (χ2n) is 7.17. The molecule has 5 rings (SSSR count). The highest BCUT2D eigenvalue weighted by Crippen LogP contribution is 2.38. The quantitative estimate of drug-likeness (QED) is 0.534. The van der Waals surface area contributed by atoms with Crippen LogP contribution in [0.2, 0.25) is 0 Å². The lowest BCUT2D eigenvalue weighted by Gasteiger charge is -2.34. The predicted molar refractivity (Wildman–Crippen MR) is 113 cm³/mol. The van der Waals surface area contributed by atoms with Crippen molar-refractivity contribution in [2.24, 2.45) is 0 Å². The molecule has 150 valence electrons. The second kappa shape index (κ2) is 6.75. The number of morpholine rings is 1. The summed E-state index contributed by atoms with van der Waals surface area (Å²) in [6.07, 6.45) is 2.95. The molecular weight excluding hydrogens is 410 g/mol. The van der Waals surface area contributed by atoms with Crippen LogP contribution in [0, 0.1) is 0 Å². The molecule has 4 heterocycles. The molecule has 0 bridgehead atoms. The smallest absolute Gasteiger partial charge is 0.178 e. The topological polar surface area (TPSA) is 101 Å². The molecule has 8 nitrogen and oxygen atoms in total. The number of hydrogen-bond donors (Lipinski definition) is 1. The van der Waals surface area contributed by atoms with Crippen LogP contribution in [0.1, 0.15) is 6.92 Å². The van der Waals surface area contributed by atoms with Gasteiger partial charge < -0.3 is 9.64 Å². The fourth-order valence-corrected chi connectivity index (χ4v) is 5.94. The van der Waals surface area contributed by atoms with Crippen molar-refractivity contribution < 1.29 is 13.2 Å². The maximum absolute atomic E-state index is 12.4. The summed E-state index contributed by atoms with van der Waals surface area (Å²) in [6.45, 7) is 3.97. The minimum atomic E-state index is -3.42. The summed E-state index contributed by atoms with van der Waals surface area (Å²) < 4.78 is 31.1. The van der Waals surface area contributed by atoms with Gasteiger partial charge in [-0.1, -0.05) is 12.1 Å². The number of nitrogens with zero attached hydrogens (tertiary/aromatic N) is 4. The first-order valence-electron chi connectivity index (χ1n) is 9.19. The van der Waals surface area contributed by atoms with Gasteiger partial charge in [-0.15, -0.1) is 11.3 Å². The molecule has 1 N–H and O–H groups in total. The summed E-state index contributed by atoms with van der Waals surface area (Å²) >= 11 is 1.37. The van der Waals surface area contributed by atoms with Crippen molar-refractivity contribution >= 4 is 48.1 Å². The van der Waals surface area contributed by atoms with E-state index >= 15 is 0 Å². The largest absolute Gasteiger partial charge is 0.377 e. The molecule has 1 aliphatic heterocycles. The zero-order chi connectivity index (χ0) is 20.2. The fourth-order valence-electron chi connectivity index (χ4n) is 3.67. The van der Waals surface area contributed by atoms with Crippen LogP contribution in [0.4, 0.5) is 5.82 Å². The maximum Gasteiger partial charge on any atom is 0.178 e. The molecule has 4 aromatic rings. The number of ether oxygens (including phenoxy) is 1. The molecule has 1 fully saturated rings. The molecule has 29 heavy (non-hydrogen) atoms. The van der Waals surface area contributed by atoms with Gasteiger partial charge in [0.25, 0.3) is 0 Å². The number of thiophene rings is 1. The average Bonchev–Trinajstić information content (AvgIpc) is 3.34. The van der Waals surface area contributed by atoms with Crippen molar-refractivity contribution in [1.29, 1.82) is 0 Å². The van der Waals surface area contributed by atoms with Gasteiger partial charge in [0.1, 0.15) is 10.4 Å². The molecule has 1 saturated heterocycles. The molecule has 0 saturated carbocycles. The molecule has 1 aromatic carbocycles. The third-order valence-electron chi connectivity index (χ3n) is 5.13. The van der Waals surface area contributed by atoms with Crippen molar-refractivity contribution in [2.75, 3.05) is 30.9 Å². The molecule has 0 unspecified atom stereocenters. The number of H-pyrrole nitrogens is 1. The van der Waals surface area contributed by atoms with E-state index in [1.807, 2.05) is 18.2 Å². The van der Waals surface area contributed by atoms with Crippen molar-refractivity contribution in [3.8, 4) is 11.4 Å². The minimum absolute atomic E-state index is 0.128. The average molecular weight is 430 g/mol. The lowest BCUT2D eigenvalue weighted by atomic mass is 10.1. The molecule has 1 atom stereocenters. The standard InChI is InChI=1S/C19H19N5O3S2/c1-11-9-27-7-6-24(11)19-17-16(15(10-28-17)29(2,25)26)21-18(22-19)12-4-3-5-14-13(12)8-20-23-14/h3-5,8,10-11H,6-7,9H2,1-2H3,(H,20,23)/t11-/m1/s1. The van der Waals surface area contributed by atoms with E-state index in [1.54, 1.807) is 11.6 Å². The van der Waals surface area contributed by atoms with Crippen LogP contribution in [-0.4, -0.2) is 60.6 Å². The van der Waals surface area contributed by atoms with Crippen LogP contribution >= 0.6 is 11.3 Å². The Balaban J connectivity index is 1.82. The Morgan fingerprint density at radius 1 is 1.31 bits per heavy atom. The van der Waals surface area contributed by atoms with Crippen LogP contribution < -0.4 is 4.90 Å². The summed E-state index contributed by atoms with van der Waals surface area (Å²) in [7, 11) is -3.42. The maximum atomic E-state index is 12.4. The highest BCUT2D eigenvalue weighted by Gasteiger charge is 2.27. The summed E-state index contributed by atoms with van der Waals surface area (Å²) in [4.78, 5) is 12.0.